The summed E-state index contributed by atoms with van der Waals surface area (Å²) in [7, 11) is 0. The van der Waals surface area contributed by atoms with Crippen LogP contribution in [0.3, 0.4) is 0 Å². The zero-order chi connectivity index (χ0) is 28.3. The van der Waals surface area contributed by atoms with Crippen molar-refractivity contribution in [1.29, 1.82) is 0 Å². The minimum Gasteiger partial charge on any atom is -0.481 e. The van der Waals surface area contributed by atoms with Crippen LogP contribution in [0.1, 0.15) is 81.3 Å². The number of nitrogens with zero attached hydrogens (tertiary/aromatic N) is 3. The summed E-state index contributed by atoms with van der Waals surface area (Å²) in [5.74, 6) is -1.45. The summed E-state index contributed by atoms with van der Waals surface area (Å²) in [6.07, 6.45) is -0.523. The van der Waals surface area contributed by atoms with Gasteiger partial charge in [-0.2, -0.15) is 4.39 Å². The zero-order valence-corrected chi connectivity index (χ0v) is 22.3. The van der Waals surface area contributed by atoms with Gasteiger partial charge in [-0.3, -0.25) is 9.20 Å². The van der Waals surface area contributed by atoms with Crippen molar-refractivity contribution in [3.05, 3.63) is 83.2 Å². The molecule has 0 spiro atoms. The number of rotatable bonds is 6. The van der Waals surface area contributed by atoms with Gasteiger partial charge in [0.25, 0.3) is 6.43 Å². The summed E-state index contributed by atoms with van der Waals surface area (Å²) >= 11 is 0. The van der Waals surface area contributed by atoms with E-state index >= 15 is 4.39 Å². The highest BCUT2D eigenvalue weighted by Gasteiger charge is 2.57. The van der Waals surface area contributed by atoms with E-state index in [0.717, 1.165) is 17.3 Å². The third-order valence-corrected chi connectivity index (χ3v) is 9.03. The molecule has 1 aliphatic rings. The topological polar surface area (TPSA) is 93.5 Å². The van der Waals surface area contributed by atoms with E-state index in [2.05, 4.69) is 4.98 Å². The first-order valence-corrected chi connectivity index (χ1v) is 12.9. The van der Waals surface area contributed by atoms with Gasteiger partial charge in [-0.25, -0.2) is 18.7 Å². The number of carbonyl (C=O) groups is 1. The van der Waals surface area contributed by atoms with Crippen LogP contribution >= 0.6 is 0 Å². The smallest absolute Gasteiger partial charge is 0.309 e. The van der Waals surface area contributed by atoms with Crippen molar-refractivity contribution in [3.8, 4) is 11.3 Å². The zero-order valence-electron chi connectivity index (χ0n) is 22.3. The number of hydrogen-bond acceptors (Lipinski definition) is 4. The Kier molecular flexibility index (Phi) is 6.44. The van der Waals surface area contributed by atoms with Crippen LogP contribution in [0.25, 0.3) is 16.8 Å². The number of alkyl halides is 2. The van der Waals surface area contributed by atoms with Crippen LogP contribution in [0.2, 0.25) is 0 Å². The number of nitrogen functional groups attached to an aromatic ring is 1. The largest absolute Gasteiger partial charge is 0.481 e. The Hall–Kier alpha value is -3.88. The molecule has 0 amide bonds. The first-order chi connectivity index (χ1) is 18.4. The number of carboxylic acids is 1. The molecule has 1 aliphatic carbocycles. The van der Waals surface area contributed by atoms with E-state index in [1.54, 1.807) is 13.0 Å². The second-order valence-corrected chi connectivity index (χ2v) is 11.2. The molecule has 5 rings (SSSR count). The van der Waals surface area contributed by atoms with Crippen molar-refractivity contribution >= 4 is 17.3 Å². The van der Waals surface area contributed by atoms with E-state index in [0.29, 0.717) is 35.4 Å². The first kappa shape index (κ1) is 26.7. The van der Waals surface area contributed by atoms with Crippen LogP contribution in [0.4, 0.5) is 19.0 Å². The summed E-state index contributed by atoms with van der Waals surface area (Å²) in [6.45, 7) is 7.46. The molecule has 1 saturated carbocycles. The van der Waals surface area contributed by atoms with Crippen molar-refractivity contribution in [3.63, 3.8) is 0 Å². The average Bonchev–Trinajstić information content (AvgIpc) is 3.42. The maximum atomic E-state index is 15.3. The highest BCUT2D eigenvalue weighted by Crippen LogP contribution is 2.60. The molecule has 0 bridgehead atoms. The second-order valence-electron chi connectivity index (χ2n) is 11.2. The van der Waals surface area contributed by atoms with E-state index in [1.807, 2.05) is 51.1 Å². The lowest BCUT2D eigenvalue weighted by atomic mass is 9.65. The molecule has 6 nitrogen and oxygen atoms in total. The van der Waals surface area contributed by atoms with Crippen molar-refractivity contribution in [2.24, 2.45) is 10.8 Å². The monoisotopic (exact) mass is 536 g/mol. The number of aliphatic carboxylic acids is 1. The van der Waals surface area contributed by atoms with Gasteiger partial charge in [-0.15, -0.1) is 0 Å². The molecule has 4 aromatic rings. The predicted molar refractivity (Wildman–Crippen MR) is 143 cm³/mol. The third-order valence-electron chi connectivity index (χ3n) is 9.03. The fraction of sp³-hybridized carbons (Fsp3) is 0.367. The van der Waals surface area contributed by atoms with Gasteiger partial charge in [-0.1, -0.05) is 63.2 Å². The molecule has 2 aromatic heterocycles. The lowest BCUT2D eigenvalue weighted by Crippen LogP contribution is -2.40. The lowest BCUT2D eigenvalue weighted by molar-refractivity contribution is -0.153. The number of hydrogen-bond donors (Lipinski definition) is 2. The van der Waals surface area contributed by atoms with Crippen LogP contribution in [-0.2, 0) is 4.79 Å². The standard InChI is InChI=1S/C30H31F3N4O2/c1-16(19-6-5-7-20(14-19)25(32)33)17-8-10-18(11-9-17)23-24-26(34)35-15-22(31)37(24)27(36-23)21-12-13-30(4,28(38)39)29(21,2)3/h5-11,14-16,21,25H,12-13H2,1-4H3,(H2,34,35)(H,38,39)/t16-,21-,30+/m0/s1. The quantitative estimate of drug-likeness (QED) is 0.272. The van der Waals surface area contributed by atoms with Crippen molar-refractivity contribution < 1.29 is 23.1 Å². The van der Waals surface area contributed by atoms with Gasteiger partial charge in [-0.05, 0) is 42.4 Å². The molecule has 1 fully saturated rings. The Labute approximate surface area is 224 Å². The fourth-order valence-electron chi connectivity index (χ4n) is 5.99. The molecular formula is C30H31F3N4O2. The number of fused-ring (bicyclic) bond motifs is 1. The molecule has 9 heteroatoms. The van der Waals surface area contributed by atoms with Crippen molar-refractivity contribution in [2.45, 2.75) is 58.8 Å². The number of halogens is 3. The molecule has 39 heavy (non-hydrogen) atoms. The summed E-state index contributed by atoms with van der Waals surface area (Å²) in [5.41, 5.74) is 7.66. The van der Waals surface area contributed by atoms with Crippen molar-refractivity contribution in [1.82, 2.24) is 14.4 Å². The van der Waals surface area contributed by atoms with Gasteiger partial charge in [0.2, 0.25) is 5.95 Å². The normalized spacial score (nSPS) is 21.5. The predicted octanol–water partition coefficient (Wildman–Crippen LogP) is 7.20. The van der Waals surface area contributed by atoms with Crippen LogP contribution in [0.15, 0.2) is 54.7 Å². The van der Waals surface area contributed by atoms with Crippen molar-refractivity contribution in [2.75, 3.05) is 5.73 Å². The molecule has 0 aliphatic heterocycles. The Morgan fingerprint density at radius 3 is 2.38 bits per heavy atom. The number of benzene rings is 2. The van der Waals surface area contributed by atoms with E-state index in [1.165, 1.54) is 16.5 Å². The molecule has 2 aromatic carbocycles. The Bertz CT molecular complexity index is 1560. The number of aromatic nitrogens is 3. The van der Waals surface area contributed by atoms with Gasteiger partial charge in [0.05, 0.1) is 11.6 Å². The Morgan fingerprint density at radius 1 is 1.10 bits per heavy atom. The van der Waals surface area contributed by atoms with Gasteiger partial charge in [0.15, 0.2) is 0 Å². The minimum atomic E-state index is -2.54. The van der Waals surface area contributed by atoms with Crippen LogP contribution < -0.4 is 5.73 Å². The fourth-order valence-corrected chi connectivity index (χ4v) is 5.99. The summed E-state index contributed by atoms with van der Waals surface area (Å²) in [5, 5.41) is 9.99. The van der Waals surface area contributed by atoms with Gasteiger partial charge in [0.1, 0.15) is 22.9 Å². The van der Waals surface area contributed by atoms with E-state index < -0.39 is 29.2 Å². The maximum Gasteiger partial charge on any atom is 0.309 e. The summed E-state index contributed by atoms with van der Waals surface area (Å²) in [4.78, 5) is 21.1. The van der Waals surface area contributed by atoms with Gasteiger partial charge in [0, 0.05) is 23.0 Å². The first-order valence-electron chi connectivity index (χ1n) is 12.9. The molecule has 2 heterocycles. The summed E-state index contributed by atoms with van der Waals surface area (Å²) < 4.78 is 43.1. The number of imidazole rings is 1. The second kappa shape index (κ2) is 9.39. The number of anilines is 1. The number of carboxylic acid groups (broad SMARTS) is 1. The molecule has 0 radical (unpaired) electrons. The Morgan fingerprint density at radius 2 is 1.77 bits per heavy atom. The van der Waals surface area contributed by atoms with Crippen LogP contribution in [0, 0.1) is 16.8 Å². The highest BCUT2D eigenvalue weighted by atomic mass is 19.3. The molecule has 3 atom stereocenters. The third kappa shape index (κ3) is 4.15. The number of nitrogens with two attached hydrogens (primary N) is 1. The van der Waals surface area contributed by atoms with Crippen LogP contribution in [-0.4, -0.2) is 25.4 Å². The SMILES string of the molecule is C[C@@H](c1ccc(-c2nc([C@@H]3CC[C@](C)(C(=O)O)C3(C)C)n3c(F)cnc(N)c23)cc1)c1cccc(C(F)F)c1. The van der Waals surface area contributed by atoms with E-state index in [-0.39, 0.29) is 23.2 Å². The summed E-state index contributed by atoms with van der Waals surface area (Å²) in [6, 6.07) is 13.9. The average molecular weight is 537 g/mol. The highest BCUT2D eigenvalue weighted by molar-refractivity contribution is 5.85. The molecule has 3 N–H and O–H groups in total. The molecule has 204 valence electrons. The molecule has 0 unspecified atom stereocenters. The van der Waals surface area contributed by atoms with Gasteiger partial charge >= 0.3 is 5.97 Å². The van der Waals surface area contributed by atoms with E-state index in [9.17, 15) is 18.7 Å². The lowest BCUT2D eigenvalue weighted by Gasteiger charge is -2.38. The molecular weight excluding hydrogens is 505 g/mol. The minimum absolute atomic E-state index is 0.0215. The van der Waals surface area contributed by atoms with E-state index in [4.69, 9.17) is 10.7 Å². The van der Waals surface area contributed by atoms with Crippen LogP contribution in [0.5, 0.6) is 0 Å². The maximum absolute atomic E-state index is 15.3. The van der Waals surface area contributed by atoms with Gasteiger partial charge < -0.3 is 10.8 Å². The Balaban J connectivity index is 1.58. The molecule has 0 saturated heterocycles.